The van der Waals surface area contributed by atoms with Crippen LogP contribution in [0.1, 0.15) is 41.0 Å². The second kappa shape index (κ2) is 21.7. The summed E-state index contributed by atoms with van der Waals surface area (Å²) in [6, 6.07) is 77.7. The summed E-state index contributed by atoms with van der Waals surface area (Å²) in [5.74, 6) is 0. The van der Waals surface area contributed by atoms with Gasteiger partial charge in [-0.25, -0.2) is 0 Å². The van der Waals surface area contributed by atoms with Crippen LogP contribution in [0.3, 0.4) is 0 Å². The van der Waals surface area contributed by atoms with E-state index in [0.717, 1.165) is 81.0 Å². The molecule has 0 aliphatic carbocycles. The first-order valence-electron chi connectivity index (χ1n) is 23.3. The molecule has 0 atom stereocenters. The zero-order chi connectivity index (χ0) is 46.5. The minimum absolute atomic E-state index is 0.720. The third-order valence-corrected chi connectivity index (χ3v) is 12.5. The van der Waals surface area contributed by atoms with Crippen molar-refractivity contribution in [3.05, 3.63) is 266 Å². The molecule has 0 amide bonds. The Labute approximate surface area is 399 Å². The van der Waals surface area contributed by atoms with Crippen molar-refractivity contribution in [3.8, 4) is 22.3 Å². The van der Waals surface area contributed by atoms with Crippen molar-refractivity contribution in [1.82, 2.24) is 0 Å². The predicted octanol–water partition coefficient (Wildman–Crippen LogP) is 18.0. The molecule has 4 heteroatoms. The van der Waals surface area contributed by atoms with Gasteiger partial charge in [-0.2, -0.15) is 0 Å². The summed E-state index contributed by atoms with van der Waals surface area (Å²) in [6.45, 7) is 16.0. The van der Waals surface area contributed by atoms with Crippen molar-refractivity contribution in [2.45, 2.75) is 41.0 Å². The summed E-state index contributed by atoms with van der Waals surface area (Å²) in [7, 11) is 0. The highest BCUT2D eigenvalue weighted by Gasteiger charge is 2.20. The van der Waals surface area contributed by atoms with Crippen molar-refractivity contribution >= 4 is 45.5 Å². The molecule has 0 aliphatic rings. The van der Waals surface area contributed by atoms with E-state index >= 15 is 0 Å². The van der Waals surface area contributed by atoms with E-state index in [9.17, 15) is 0 Å². The fraction of sp³-hybridized carbons (Fsp3) is 0.111. The van der Waals surface area contributed by atoms with Gasteiger partial charge in [0.25, 0.3) is 0 Å². The molecular weight excluding hydrogens is 813 g/mol. The highest BCUT2D eigenvalue weighted by atomic mass is 15.2. The Morgan fingerprint density at radius 2 is 0.687 bits per heavy atom. The van der Waals surface area contributed by atoms with Gasteiger partial charge in [0.2, 0.25) is 0 Å². The van der Waals surface area contributed by atoms with Gasteiger partial charge in [-0.3, -0.25) is 0 Å². The summed E-state index contributed by atoms with van der Waals surface area (Å²) in [5.41, 5.74) is 18.4. The van der Waals surface area contributed by atoms with Crippen LogP contribution in [0.2, 0.25) is 0 Å². The number of nitrogens with zero attached hydrogens (tertiary/aromatic N) is 4. The normalized spacial score (nSPS) is 12.0. The minimum Gasteiger partial charge on any atom is -0.342 e. The first-order valence-corrected chi connectivity index (χ1v) is 23.3. The van der Waals surface area contributed by atoms with Gasteiger partial charge in [0.15, 0.2) is 0 Å². The maximum Gasteiger partial charge on any atom is 0.0462 e. The summed E-state index contributed by atoms with van der Waals surface area (Å²) >= 11 is 0. The van der Waals surface area contributed by atoms with Gasteiger partial charge >= 0.3 is 0 Å². The van der Waals surface area contributed by atoms with Crippen LogP contribution >= 0.6 is 0 Å². The van der Waals surface area contributed by atoms with Crippen LogP contribution in [0, 0.1) is 0 Å². The molecule has 0 fully saturated rings. The maximum atomic E-state index is 4.40. The van der Waals surface area contributed by atoms with E-state index in [-0.39, 0.29) is 0 Å². The van der Waals surface area contributed by atoms with Crippen LogP contribution in [0.4, 0.5) is 45.5 Å². The highest BCUT2D eigenvalue weighted by molar-refractivity contribution is 5.80. The Kier molecular flexibility index (Phi) is 14.8. The maximum absolute atomic E-state index is 4.40. The molecule has 332 valence electrons. The lowest BCUT2D eigenvalue weighted by Crippen LogP contribution is -2.28. The molecule has 8 aromatic rings. The third kappa shape index (κ3) is 10.4. The molecule has 8 rings (SSSR count). The predicted molar refractivity (Wildman–Crippen MR) is 289 cm³/mol. The van der Waals surface area contributed by atoms with Crippen molar-refractivity contribution in [2.24, 2.45) is 0 Å². The molecule has 67 heavy (non-hydrogen) atoms. The van der Waals surface area contributed by atoms with E-state index in [4.69, 9.17) is 0 Å². The standard InChI is InChI=1S/C63H60N4/c1-7-48(5)64(55-39-31-51(32-40-55)53-35-43-61(44-36-53)66(56-23-15-11-16-24-56)57-25-17-12-18-26-57)47-50(9-3)63(10-4)65(49(6)8-2)60-41-33-52(34-42-60)54-37-45-62(46-38-54)67(58-27-19-13-20-28-58)59-29-21-14-22-30-59/h7-8,10-46H,4,9,47H2,1-3,5-6H3/b48-7+,49-8+,63-50?. The number of hydrogen-bond acceptors (Lipinski definition) is 4. The average molecular weight is 873 g/mol. The fourth-order valence-electron chi connectivity index (χ4n) is 8.64. The number of benzene rings is 8. The van der Waals surface area contributed by atoms with Gasteiger partial charge < -0.3 is 19.6 Å². The Morgan fingerprint density at radius 1 is 0.388 bits per heavy atom. The van der Waals surface area contributed by atoms with Gasteiger partial charge in [0, 0.05) is 69.1 Å². The van der Waals surface area contributed by atoms with Crippen molar-refractivity contribution in [2.75, 3.05) is 26.1 Å². The quantitative estimate of drug-likeness (QED) is 0.0845. The van der Waals surface area contributed by atoms with Crippen LogP contribution < -0.4 is 19.6 Å². The second-order valence-electron chi connectivity index (χ2n) is 16.5. The molecule has 0 saturated carbocycles. The molecule has 0 N–H and O–H groups in total. The van der Waals surface area contributed by atoms with Crippen molar-refractivity contribution in [1.29, 1.82) is 0 Å². The molecule has 0 aromatic heterocycles. The monoisotopic (exact) mass is 872 g/mol. The minimum atomic E-state index is 0.720. The van der Waals surface area contributed by atoms with E-state index in [2.05, 4.69) is 291 Å². The summed E-state index contributed by atoms with van der Waals surface area (Å²) in [5, 5.41) is 0. The molecule has 0 spiro atoms. The van der Waals surface area contributed by atoms with Crippen LogP contribution in [-0.2, 0) is 0 Å². The van der Waals surface area contributed by atoms with Crippen LogP contribution in [-0.4, -0.2) is 6.54 Å². The van der Waals surface area contributed by atoms with E-state index in [1.165, 1.54) is 22.4 Å². The number of para-hydroxylation sites is 4. The number of anilines is 8. The van der Waals surface area contributed by atoms with Crippen molar-refractivity contribution in [3.63, 3.8) is 0 Å². The Hall–Kier alpha value is -8.08. The number of hydrogen-bond donors (Lipinski definition) is 0. The van der Waals surface area contributed by atoms with Crippen LogP contribution in [0.5, 0.6) is 0 Å². The van der Waals surface area contributed by atoms with E-state index in [1.807, 2.05) is 6.08 Å². The van der Waals surface area contributed by atoms with E-state index in [0.29, 0.717) is 0 Å². The largest absolute Gasteiger partial charge is 0.342 e. The lowest BCUT2D eigenvalue weighted by atomic mass is 10.0. The molecule has 0 bridgehead atoms. The molecule has 0 heterocycles. The van der Waals surface area contributed by atoms with Gasteiger partial charge in [-0.05, 0) is 165 Å². The first kappa shape index (κ1) is 45.5. The highest BCUT2D eigenvalue weighted by Crippen LogP contribution is 2.38. The molecule has 0 unspecified atom stereocenters. The SMILES string of the molecule is C=CC(=C(CC)CN(/C(C)=C/C)c1ccc(-c2ccc(N(c3ccccc3)c3ccccc3)cc2)cc1)N(/C(C)=C/C)c1ccc(-c2ccc(N(c3ccccc3)c3ccccc3)cc2)cc1. The summed E-state index contributed by atoms with van der Waals surface area (Å²) in [4.78, 5) is 9.35. The molecule has 0 aliphatic heterocycles. The van der Waals surface area contributed by atoms with E-state index in [1.54, 1.807) is 0 Å². The average Bonchev–Trinajstić information content (AvgIpc) is 3.40. The number of allylic oxidation sites excluding steroid dienone is 5. The fourth-order valence-corrected chi connectivity index (χ4v) is 8.64. The zero-order valence-electron chi connectivity index (χ0n) is 39.4. The van der Waals surface area contributed by atoms with Crippen LogP contribution in [0.15, 0.2) is 266 Å². The Morgan fingerprint density at radius 3 is 0.985 bits per heavy atom. The molecular formula is C63H60N4. The number of rotatable bonds is 17. The summed E-state index contributed by atoms with van der Waals surface area (Å²) in [6.07, 6.45) is 7.26. The lowest BCUT2D eigenvalue weighted by molar-refractivity contribution is 0.889. The lowest BCUT2D eigenvalue weighted by Gasteiger charge is -2.32. The zero-order valence-corrected chi connectivity index (χ0v) is 39.4. The Balaban J connectivity index is 1.04. The Bertz CT molecular complexity index is 2840. The van der Waals surface area contributed by atoms with Gasteiger partial charge in [0.05, 0.1) is 0 Å². The van der Waals surface area contributed by atoms with Gasteiger partial charge in [-0.1, -0.05) is 147 Å². The topological polar surface area (TPSA) is 13.0 Å². The molecule has 4 nitrogen and oxygen atoms in total. The molecule has 0 radical (unpaired) electrons. The third-order valence-electron chi connectivity index (χ3n) is 12.5. The van der Waals surface area contributed by atoms with Crippen molar-refractivity contribution < 1.29 is 0 Å². The van der Waals surface area contributed by atoms with Gasteiger partial charge in [0.1, 0.15) is 0 Å². The first-order chi connectivity index (χ1) is 32.9. The second-order valence-corrected chi connectivity index (χ2v) is 16.5. The van der Waals surface area contributed by atoms with E-state index < -0.39 is 0 Å². The molecule has 0 saturated heterocycles. The summed E-state index contributed by atoms with van der Waals surface area (Å²) < 4.78 is 0. The molecule has 8 aromatic carbocycles. The van der Waals surface area contributed by atoms with Gasteiger partial charge in [-0.15, -0.1) is 0 Å². The van der Waals surface area contributed by atoms with Crippen LogP contribution in [0.25, 0.3) is 22.3 Å². The smallest absolute Gasteiger partial charge is 0.0462 e.